The first-order chi connectivity index (χ1) is 38.7. The van der Waals surface area contributed by atoms with Gasteiger partial charge in [-0.1, -0.05) is 267 Å². The molecule has 0 aliphatic carbocycles. The van der Waals surface area contributed by atoms with Crippen LogP contribution in [0.1, 0.15) is 0 Å². The minimum absolute atomic E-state index is 0.565. The zero-order chi connectivity index (χ0) is 52.0. The lowest BCUT2D eigenvalue weighted by Crippen LogP contribution is -2.02. The van der Waals surface area contributed by atoms with Gasteiger partial charge in [0.1, 0.15) is 0 Å². The molecule has 366 valence electrons. The van der Waals surface area contributed by atoms with Crippen LogP contribution in [-0.2, 0) is 0 Å². The molecule has 0 atom stereocenters. The maximum atomic E-state index is 5.67. The van der Waals surface area contributed by atoms with Crippen molar-refractivity contribution in [3.63, 3.8) is 0 Å². The van der Waals surface area contributed by atoms with Gasteiger partial charge in [-0.05, 0) is 97.6 Å². The molecule has 2 heterocycles. The van der Waals surface area contributed by atoms with Gasteiger partial charge in [0.05, 0.1) is 11.4 Å². The molecule has 0 bridgehead atoms. The molecule has 0 saturated carbocycles. The first-order valence-electron chi connectivity index (χ1n) is 26.4. The summed E-state index contributed by atoms with van der Waals surface area (Å²) in [7, 11) is 0. The monoisotopic (exact) mass is 994 g/mol. The third kappa shape index (κ3) is 9.74. The molecular weight excluding hydrogens is 945 g/mol. The average molecular weight is 995 g/mol. The van der Waals surface area contributed by atoms with E-state index in [-0.39, 0.29) is 0 Å². The molecule has 4 nitrogen and oxygen atoms in total. The molecule has 0 radical (unpaired) electrons. The number of aromatic nitrogens is 4. The van der Waals surface area contributed by atoms with E-state index in [1.165, 1.54) is 0 Å². The summed E-state index contributed by atoms with van der Waals surface area (Å²) in [5.74, 6) is 1.72. The van der Waals surface area contributed by atoms with Gasteiger partial charge >= 0.3 is 0 Å². The summed E-state index contributed by atoms with van der Waals surface area (Å²) in [6.45, 7) is 0. The van der Waals surface area contributed by atoms with Gasteiger partial charge in [-0.3, -0.25) is 0 Å². The first kappa shape index (κ1) is 47.3. The number of pyridine rings is 1. The molecule has 2 aromatic heterocycles. The van der Waals surface area contributed by atoms with Gasteiger partial charge in [0.2, 0.25) is 0 Å². The fourth-order valence-electron chi connectivity index (χ4n) is 10.5. The van der Waals surface area contributed by atoms with Gasteiger partial charge in [-0.15, -0.1) is 0 Å². The van der Waals surface area contributed by atoms with E-state index < -0.39 is 0 Å². The smallest absolute Gasteiger partial charge is 0.164 e. The molecule has 13 rings (SSSR count). The summed E-state index contributed by atoms with van der Waals surface area (Å²) in [6, 6.07) is 107. The number of benzene rings is 11. The van der Waals surface area contributed by atoms with Crippen molar-refractivity contribution in [3.8, 4) is 135 Å². The predicted octanol–water partition coefficient (Wildman–Crippen LogP) is 19.3. The molecule has 0 aliphatic heterocycles. The molecule has 0 amide bonds. The van der Waals surface area contributed by atoms with E-state index >= 15 is 0 Å². The van der Waals surface area contributed by atoms with Crippen LogP contribution in [0.15, 0.2) is 303 Å². The maximum absolute atomic E-state index is 5.67. The van der Waals surface area contributed by atoms with E-state index in [0.29, 0.717) is 17.5 Å². The minimum atomic E-state index is 0.565. The Labute approximate surface area is 455 Å². The van der Waals surface area contributed by atoms with Gasteiger partial charge in [0.25, 0.3) is 0 Å². The van der Waals surface area contributed by atoms with Gasteiger partial charge < -0.3 is 0 Å². The quantitative estimate of drug-likeness (QED) is 0.122. The van der Waals surface area contributed by atoms with Crippen molar-refractivity contribution in [1.29, 1.82) is 0 Å². The Morgan fingerprint density at radius 2 is 0.359 bits per heavy atom. The van der Waals surface area contributed by atoms with Crippen LogP contribution in [-0.4, -0.2) is 19.9 Å². The van der Waals surface area contributed by atoms with E-state index in [0.717, 1.165) is 117 Å². The van der Waals surface area contributed by atoms with Gasteiger partial charge in [-0.25, -0.2) is 19.9 Å². The van der Waals surface area contributed by atoms with Crippen molar-refractivity contribution in [2.75, 3.05) is 0 Å². The SMILES string of the molecule is c1ccc(-c2cc(-c3ccccc3)cc(-c3nc(-c4ccc(-c5c(-c6ccccc6)c(-c6ccccc6)nc(-c6ccccc6)c5-c5ccccc5)cc4)nc(-c4cc(-c5ccccc5)cc(-c5ccccc5)c4)n3)c2)cc1. The molecule has 0 fully saturated rings. The topological polar surface area (TPSA) is 51.6 Å². The van der Waals surface area contributed by atoms with Crippen molar-refractivity contribution in [1.82, 2.24) is 19.9 Å². The van der Waals surface area contributed by atoms with Crippen LogP contribution in [0, 0.1) is 0 Å². The first-order valence-corrected chi connectivity index (χ1v) is 26.4. The Kier molecular flexibility index (Phi) is 13.0. The fraction of sp³-hybridized carbons (Fsp3) is 0. The van der Waals surface area contributed by atoms with Crippen LogP contribution in [0.3, 0.4) is 0 Å². The van der Waals surface area contributed by atoms with Gasteiger partial charge in [0, 0.05) is 44.5 Å². The summed E-state index contributed by atoms with van der Waals surface area (Å²) < 4.78 is 0. The highest BCUT2D eigenvalue weighted by Gasteiger charge is 2.26. The second-order valence-corrected chi connectivity index (χ2v) is 19.3. The zero-order valence-corrected chi connectivity index (χ0v) is 42.7. The molecular formula is C74H50N4. The molecule has 13 aromatic rings. The molecule has 0 unspecified atom stereocenters. The van der Waals surface area contributed by atoms with Crippen LogP contribution < -0.4 is 0 Å². The summed E-state index contributed by atoms with van der Waals surface area (Å²) in [5, 5.41) is 0. The Bertz CT molecular complexity index is 3810. The predicted molar refractivity (Wildman–Crippen MR) is 323 cm³/mol. The maximum Gasteiger partial charge on any atom is 0.164 e. The normalized spacial score (nSPS) is 11.1. The molecule has 78 heavy (non-hydrogen) atoms. The molecule has 0 spiro atoms. The lowest BCUT2D eigenvalue weighted by atomic mass is 9.83. The highest BCUT2D eigenvalue weighted by Crippen LogP contribution is 2.49. The Morgan fingerprint density at radius 1 is 0.141 bits per heavy atom. The van der Waals surface area contributed by atoms with Crippen molar-refractivity contribution >= 4 is 0 Å². The number of rotatable bonds is 12. The third-order valence-corrected chi connectivity index (χ3v) is 14.3. The van der Waals surface area contributed by atoms with Crippen LogP contribution in [0.4, 0.5) is 0 Å². The lowest BCUT2D eigenvalue weighted by Gasteiger charge is -2.23. The standard InChI is InChI=1S/C74H50N4/c1-9-25-51(26-10-1)61-45-62(52-27-11-2-12-28-52)48-65(47-61)73-76-72(77-74(78-73)66-49-63(53-29-13-3-14-30-53)46-64(50-66)54-31-15-4-16-32-54)60-43-41-57(42-44-60)67-68(55-33-17-5-18-34-55)70(58-37-21-7-22-38-58)75-71(59-39-23-8-24-40-59)69(67)56-35-19-6-20-36-56/h1-50H. The summed E-state index contributed by atoms with van der Waals surface area (Å²) in [4.78, 5) is 22.0. The fourth-order valence-corrected chi connectivity index (χ4v) is 10.5. The van der Waals surface area contributed by atoms with Gasteiger partial charge in [0.15, 0.2) is 17.5 Å². The van der Waals surface area contributed by atoms with Crippen LogP contribution in [0.2, 0.25) is 0 Å². The summed E-state index contributed by atoms with van der Waals surface area (Å²) in [6.07, 6.45) is 0. The Morgan fingerprint density at radius 3 is 0.654 bits per heavy atom. The van der Waals surface area contributed by atoms with Crippen LogP contribution in [0.5, 0.6) is 0 Å². The number of hydrogen-bond donors (Lipinski definition) is 0. The summed E-state index contributed by atoms with van der Waals surface area (Å²) in [5.41, 5.74) is 21.6. The molecule has 4 heteroatoms. The number of hydrogen-bond acceptors (Lipinski definition) is 4. The van der Waals surface area contributed by atoms with Crippen molar-refractivity contribution in [2.24, 2.45) is 0 Å². The lowest BCUT2D eigenvalue weighted by molar-refractivity contribution is 1.07. The van der Waals surface area contributed by atoms with E-state index in [1.54, 1.807) is 0 Å². The highest BCUT2D eigenvalue weighted by atomic mass is 15.0. The van der Waals surface area contributed by atoms with Gasteiger partial charge in [-0.2, -0.15) is 0 Å². The van der Waals surface area contributed by atoms with Crippen molar-refractivity contribution < 1.29 is 0 Å². The van der Waals surface area contributed by atoms with Crippen LogP contribution >= 0.6 is 0 Å². The number of nitrogens with zero attached hydrogens (tertiary/aromatic N) is 4. The van der Waals surface area contributed by atoms with E-state index in [2.05, 4.69) is 303 Å². The zero-order valence-electron chi connectivity index (χ0n) is 42.7. The molecule has 11 aromatic carbocycles. The van der Waals surface area contributed by atoms with E-state index in [4.69, 9.17) is 19.9 Å². The minimum Gasteiger partial charge on any atom is -0.246 e. The van der Waals surface area contributed by atoms with Crippen LogP contribution in [0.25, 0.3) is 135 Å². The average Bonchev–Trinajstić information content (AvgIpc) is 3.57. The second-order valence-electron chi connectivity index (χ2n) is 19.3. The van der Waals surface area contributed by atoms with E-state index in [1.807, 2.05) is 0 Å². The second kappa shape index (κ2) is 21.4. The Balaban J connectivity index is 1.05. The summed E-state index contributed by atoms with van der Waals surface area (Å²) >= 11 is 0. The molecule has 0 N–H and O–H groups in total. The molecule has 0 saturated heterocycles. The van der Waals surface area contributed by atoms with E-state index in [9.17, 15) is 0 Å². The van der Waals surface area contributed by atoms with Crippen molar-refractivity contribution in [2.45, 2.75) is 0 Å². The Hall–Kier alpha value is -10.4. The largest absolute Gasteiger partial charge is 0.246 e. The third-order valence-electron chi connectivity index (χ3n) is 14.3. The molecule has 0 aliphatic rings. The van der Waals surface area contributed by atoms with Crippen molar-refractivity contribution in [3.05, 3.63) is 303 Å². The highest BCUT2D eigenvalue weighted by molar-refractivity contribution is 6.05.